The van der Waals surface area contributed by atoms with E-state index in [0.29, 0.717) is 0 Å². The van der Waals surface area contributed by atoms with Crippen LogP contribution in [0.25, 0.3) is 0 Å². The monoisotopic (exact) mass is 505 g/mol. The number of hydrogen-bond acceptors (Lipinski definition) is 2. The van der Waals surface area contributed by atoms with Gasteiger partial charge < -0.3 is 37.9 Å². The van der Waals surface area contributed by atoms with Crippen molar-refractivity contribution in [2.24, 2.45) is 0 Å². The number of alkyl halides is 3. The molecule has 0 fully saturated rings. The van der Waals surface area contributed by atoms with Gasteiger partial charge in [-0.15, -0.1) is 0 Å². The lowest BCUT2D eigenvalue weighted by Gasteiger charge is -2.43. The van der Waals surface area contributed by atoms with Crippen LogP contribution in [0.15, 0.2) is 36.4 Å². The molecule has 7 heteroatoms. The molecular formula is C21H23F3INO2. The third-order valence-corrected chi connectivity index (χ3v) is 5.78. The number of likely N-dealkylation sites (N-methyl/N-ethyl adjacent to an activating group) is 1. The molecule has 2 aliphatic rings. The zero-order chi connectivity index (χ0) is 19.2. The predicted octanol–water partition coefficient (Wildman–Crippen LogP) is 1.74. The highest BCUT2D eigenvalue weighted by atomic mass is 127. The van der Waals surface area contributed by atoms with Gasteiger partial charge in [0.1, 0.15) is 6.04 Å². The number of halogens is 4. The molecule has 0 bridgehead atoms. The minimum absolute atomic E-state index is 0. The SMILES string of the molecule is C[N+]1(C)CCc2cc3c(cc2C1CCc1ccc(C(F)(F)F)cc1)OCO3.[I-]. The Morgan fingerprint density at radius 1 is 1.04 bits per heavy atom. The molecule has 0 amide bonds. The van der Waals surface area contributed by atoms with Crippen molar-refractivity contribution in [2.75, 3.05) is 27.4 Å². The van der Waals surface area contributed by atoms with E-state index in [-0.39, 0.29) is 36.8 Å². The Kier molecular flexibility index (Phi) is 5.87. The summed E-state index contributed by atoms with van der Waals surface area (Å²) in [5.41, 5.74) is 2.88. The summed E-state index contributed by atoms with van der Waals surface area (Å²) in [6.45, 7) is 1.27. The van der Waals surface area contributed by atoms with Crippen molar-refractivity contribution in [2.45, 2.75) is 31.5 Å². The molecule has 0 N–H and O–H groups in total. The van der Waals surface area contributed by atoms with Crippen LogP contribution in [-0.2, 0) is 19.0 Å². The molecule has 0 aromatic heterocycles. The maximum atomic E-state index is 12.7. The van der Waals surface area contributed by atoms with Gasteiger partial charge >= 0.3 is 6.18 Å². The summed E-state index contributed by atoms with van der Waals surface area (Å²) < 4.78 is 50.2. The van der Waals surface area contributed by atoms with Crippen LogP contribution in [0.1, 0.15) is 34.7 Å². The highest BCUT2D eigenvalue weighted by Crippen LogP contribution is 2.43. The quantitative estimate of drug-likeness (QED) is 0.468. The lowest BCUT2D eigenvalue weighted by Crippen LogP contribution is -3.00. The predicted molar refractivity (Wildman–Crippen MR) is 95.8 cm³/mol. The number of ether oxygens (including phenoxy) is 2. The lowest BCUT2D eigenvalue weighted by molar-refractivity contribution is -0.923. The molecule has 0 radical (unpaired) electrons. The molecule has 0 saturated heterocycles. The van der Waals surface area contributed by atoms with Gasteiger partial charge in [-0.1, -0.05) is 12.1 Å². The van der Waals surface area contributed by atoms with E-state index in [0.717, 1.165) is 47.4 Å². The van der Waals surface area contributed by atoms with E-state index in [9.17, 15) is 13.2 Å². The molecule has 4 rings (SSSR count). The highest BCUT2D eigenvalue weighted by molar-refractivity contribution is 5.50. The Labute approximate surface area is 180 Å². The Hall–Kier alpha value is -1.48. The van der Waals surface area contributed by atoms with Gasteiger partial charge in [-0.3, -0.25) is 0 Å². The molecule has 2 aromatic rings. The summed E-state index contributed by atoms with van der Waals surface area (Å²) in [5, 5.41) is 0. The van der Waals surface area contributed by atoms with E-state index in [1.54, 1.807) is 12.1 Å². The fourth-order valence-corrected chi connectivity index (χ4v) is 4.14. The molecule has 1 unspecified atom stereocenters. The Bertz CT molecular complexity index is 850. The van der Waals surface area contributed by atoms with Gasteiger partial charge in [0.15, 0.2) is 11.5 Å². The second kappa shape index (κ2) is 7.74. The molecule has 0 spiro atoms. The summed E-state index contributed by atoms with van der Waals surface area (Å²) in [6.07, 6.45) is -1.71. The molecule has 2 heterocycles. The average Bonchev–Trinajstić information content (AvgIpc) is 3.06. The molecule has 0 aliphatic carbocycles. The molecular weight excluding hydrogens is 482 g/mol. The van der Waals surface area contributed by atoms with Crippen molar-refractivity contribution in [1.29, 1.82) is 0 Å². The normalized spacial score (nSPS) is 19.7. The number of fused-ring (bicyclic) bond motifs is 2. The summed E-state index contributed by atoms with van der Waals surface area (Å²) in [5.74, 6) is 1.60. The first-order valence-electron chi connectivity index (χ1n) is 9.15. The highest BCUT2D eigenvalue weighted by Gasteiger charge is 2.37. The first-order valence-corrected chi connectivity index (χ1v) is 9.15. The lowest BCUT2D eigenvalue weighted by atomic mass is 9.87. The number of quaternary nitrogens is 1. The summed E-state index contributed by atoms with van der Waals surface area (Å²) in [4.78, 5) is 0. The van der Waals surface area contributed by atoms with Crippen molar-refractivity contribution in [1.82, 2.24) is 0 Å². The van der Waals surface area contributed by atoms with Gasteiger partial charge in [-0.25, -0.2) is 0 Å². The third kappa shape index (κ3) is 4.10. The van der Waals surface area contributed by atoms with Crippen LogP contribution in [0.4, 0.5) is 13.2 Å². The molecule has 0 saturated carbocycles. The van der Waals surface area contributed by atoms with Crippen molar-refractivity contribution < 1.29 is 51.1 Å². The van der Waals surface area contributed by atoms with Crippen LogP contribution < -0.4 is 33.5 Å². The molecule has 2 aliphatic heterocycles. The van der Waals surface area contributed by atoms with Crippen molar-refractivity contribution in [3.8, 4) is 11.5 Å². The van der Waals surface area contributed by atoms with Gasteiger partial charge in [-0.2, -0.15) is 13.2 Å². The molecule has 152 valence electrons. The molecule has 2 aromatic carbocycles. The summed E-state index contributed by atoms with van der Waals surface area (Å²) in [7, 11) is 4.43. The molecule has 28 heavy (non-hydrogen) atoms. The van der Waals surface area contributed by atoms with Crippen LogP contribution in [0, 0.1) is 0 Å². The van der Waals surface area contributed by atoms with Crippen LogP contribution in [0.5, 0.6) is 11.5 Å². The van der Waals surface area contributed by atoms with Gasteiger partial charge in [-0.05, 0) is 41.8 Å². The second-order valence-corrected chi connectivity index (χ2v) is 7.91. The number of rotatable bonds is 3. The number of hydrogen-bond donors (Lipinski definition) is 0. The van der Waals surface area contributed by atoms with Gasteiger partial charge in [0.2, 0.25) is 6.79 Å². The van der Waals surface area contributed by atoms with Gasteiger partial charge in [0, 0.05) is 18.4 Å². The van der Waals surface area contributed by atoms with E-state index in [1.165, 1.54) is 23.3 Å². The minimum Gasteiger partial charge on any atom is -1.00 e. The van der Waals surface area contributed by atoms with E-state index < -0.39 is 11.7 Å². The van der Waals surface area contributed by atoms with Crippen LogP contribution >= 0.6 is 0 Å². The average molecular weight is 505 g/mol. The van der Waals surface area contributed by atoms with Gasteiger partial charge in [0.05, 0.1) is 26.2 Å². The van der Waals surface area contributed by atoms with Gasteiger partial charge in [0.25, 0.3) is 0 Å². The zero-order valence-corrected chi connectivity index (χ0v) is 18.0. The standard InChI is InChI=1S/C21H23F3NO2.HI/c1-25(2)10-9-15-11-19-20(27-13-26-19)12-17(15)18(25)8-5-14-3-6-16(7-4-14)21(22,23)24;/h3-4,6-7,11-12,18H,5,8-10,13H2,1-2H3;1H/q+1;/p-1. The maximum Gasteiger partial charge on any atom is 0.416 e. The van der Waals surface area contributed by atoms with Crippen LogP contribution in [0.3, 0.4) is 0 Å². The number of aryl methyl sites for hydroxylation is 1. The smallest absolute Gasteiger partial charge is 0.416 e. The van der Waals surface area contributed by atoms with E-state index in [1.807, 2.05) is 0 Å². The van der Waals surface area contributed by atoms with E-state index in [4.69, 9.17) is 9.47 Å². The van der Waals surface area contributed by atoms with Crippen LogP contribution in [0.2, 0.25) is 0 Å². The van der Waals surface area contributed by atoms with Crippen LogP contribution in [-0.4, -0.2) is 31.9 Å². The Morgan fingerprint density at radius 2 is 1.68 bits per heavy atom. The van der Waals surface area contributed by atoms with Crippen molar-refractivity contribution in [3.63, 3.8) is 0 Å². The zero-order valence-electron chi connectivity index (χ0n) is 15.9. The summed E-state index contributed by atoms with van der Waals surface area (Å²) >= 11 is 0. The summed E-state index contributed by atoms with van der Waals surface area (Å²) in [6, 6.07) is 9.96. The topological polar surface area (TPSA) is 18.5 Å². The van der Waals surface area contributed by atoms with Crippen molar-refractivity contribution >= 4 is 0 Å². The second-order valence-electron chi connectivity index (χ2n) is 7.91. The Morgan fingerprint density at radius 3 is 2.32 bits per heavy atom. The van der Waals surface area contributed by atoms with Crippen molar-refractivity contribution in [3.05, 3.63) is 58.7 Å². The fraction of sp³-hybridized carbons (Fsp3) is 0.429. The fourth-order valence-electron chi connectivity index (χ4n) is 4.14. The first-order chi connectivity index (χ1) is 12.7. The minimum atomic E-state index is -4.29. The van der Waals surface area contributed by atoms with E-state index >= 15 is 0 Å². The van der Waals surface area contributed by atoms with E-state index in [2.05, 4.69) is 26.2 Å². The maximum absolute atomic E-state index is 12.7. The molecule has 3 nitrogen and oxygen atoms in total. The Balaban J connectivity index is 0.00000225. The first kappa shape index (κ1) is 21.2. The largest absolute Gasteiger partial charge is 1.00 e. The number of benzene rings is 2. The third-order valence-electron chi connectivity index (χ3n) is 5.78. The number of nitrogens with zero attached hydrogens (tertiary/aromatic N) is 1. The molecule has 1 atom stereocenters.